The topological polar surface area (TPSA) is 72.8 Å². The number of Topliss-reactive ketones (excluding diaryl/α,β-unsaturated/α-hetero) is 2. The number of rotatable bonds is 6. The van der Waals surface area contributed by atoms with Gasteiger partial charge in [0.05, 0.1) is 13.7 Å². The fourth-order valence-corrected chi connectivity index (χ4v) is 3.61. The summed E-state index contributed by atoms with van der Waals surface area (Å²) in [6.45, 7) is 5.93. The highest BCUT2D eigenvalue weighted by Crippen LogP contribution is 2.40. The molecule has 1 aliphatic rings. The Kier molecular flexibility index (Phi) is 6.46. The monoisotopic (exact) mass is 357 g/mol. The Morgan fingerprint density at radius 3 is 2.46 bits per heavy atom. The minimum Gasteiger partial charge on any atom is -0.468 e. The first-order valence-corrected chi connectivity index (χ1v) is 9.03. The van der Waals surface area contributed by atoms with E-state index in [4.69, 9.17) is 4.74 Å². The Morgan fingerprint density at radius 2 is 1.88 bits per heavy atom. The van der Waals surface area contributed by atoms with Crippen molar-refractivity contribution in [3.8, 4) is 0 Å². The van der Waals surface area contributed by atoms with Crippen LogP contribution < -0.4 is 0 Å². The van der Waals surface area contributed by atoms with Gasteiger partial charge >= 0.3 is 5.97 Å². The molecule has 2 atom stereocenters. The van der Waals surface area contributed by atoms with Crippen LogP contribution in [0.3, 0.4) is 0 Å². The summed E-state index contributed by atoms with van der Waals surface area (Å²) < 4.78 is 4.84. The first-order valence-electron chi connectivity index (χ1n) is 9.03. The molecule has 0 aromatic heterocycles. The Hall–Kier alpha value is -2.30. The van der Waals surface area contributed by atoms with E-state index in [1.807, 2.05) is 37.3 Å². The smallest absolute Gasteiger partial charge is 0.316 e. The number of aliphatic imine (C=N–C) groups is 1. The maximum atomic E-state index is 13.1. The summed E-state index contributed by atoms with van der Waals surface area (Å²) >= 11 is 0. The molecule has 26 heavy (non-hydrogen) atoms. The number of hydrogen-bond acceptors (Lipinski definition) is 5. The van der Waals surface area contributed by atoms with Gasteiger partial charge in [-0.25, -0.2) is 0 Å². The van der Waals surface area contributed by atoms with E-state index in [2.05, 4.69) is 4.99 Å². The van der Waals surface area contributed by atoms with Gasteiger partial charge in [-0.3, -0.25) is 19.4 Å². The van der Waals surface area contributed by atoms with Gasteiger partial charge in [-0.05, 0) is 17.4 Å². The van der Waals surface area contributed by atoms with Crippen molar-refractivity contribution in [2.75, 3.05) is 7.11 Å². The van der Waals surface area contributed by atoms with Gasteiger partial charge in [0, 0.05) is 12.1 Å². The van der Waals surface area contributed by atoms with Gasteiger partial charge in [-0.1, -0.05) is 57.5 Å². The van der Waals surface area contributed by atoms with Crippen molar-refractivity contribution in [3.63, 3.8) is 0 Å². The van der Waals surface area contributed by atoms with E-state index in [1.54, 1.807) is 13.8 Å². The molecule has 1 fully saturated rings. The van der Waals surface area contributed by atoms with Crippen molar-refractivity contribution in [3.05, 3.63) is 35.9 Å². The van der Waals surface area contributed by atoms with Crippen LogP contribution in [0.1, 0.15) is 45.6 Å². The fraction of sp³-hybridized carbons (Fsp3) is 0.524. The zero-order valence-electron chi connectivity index (χ0n) is 16.0. The van der Waals surface area contributed by atoms with Crippen molar-refractivity contribution < 1.29 is 19.1 Å². The lowest BCUT2D eigenvalue weighted by Gasteiger charge is -2.38. The summed E-state index contributed by atoms with van der Waals surface area (Å²) in [7, 11) is 1.27. The highest BCUT2D eigenvalue weighted by molar-refractivity contribution is 6.26. The summed E-state index contributed by atoms with van der Waals surface area (Å²) in [5.41, 5.74) is 0.853. The number of methoxy groups -OCH3 is 1. The molecule has 0 heterocycles. The molecular formula is C21H27NO4. The summed E-state index contributed by atoms with van der Waals surface area (Å²) in [5, 5.41) is 0. The summed E-state index contributed by atoms with van der Waals surface area (Å²) in [6, 6.07) is 9.70. The quantitative estimate of drug-likeness (QED) is 0.444. The molecule has 0 radical (unpaired) electrons. The van der Waals surface area contributed by atoms with E-state index < -0.39 is 23.2 Å². The second kappa shape index (κ2) is 8.39. The lowest BCUT2D eigenvalue weighted by Crippen LogP contribution is -2.52. The van der Waals surface area contributed by atoms with Gasteiger partial charge < -0.3 is 4.74 Å². The third-order valence-electron chi connectivity index (χ3n) is 4.89. The molecule has 1 aromatic carbocycles. The molecule has 0 bridgehead atoms. The average Bonchev–Trinajstić information content (AvgIpc) is 2.59. The van der Waals surface area contributed by atoms with Gasteiger partial charge in [0.25, 0.3) is 0 Å². The van der Waals surface area contributed by atoms with E-state index in [1.165, 1.54) is 7.11 Å². The Balaban J connectivity index is 2.35. The maximum absolute atomic E-state index is 13.1. The summed E-state index contributed by atoms with van der Waals surface area (Å²) in [4.78, 5) is 42.6. The van der Waals surface area contributed by atoms with Crippen LogP contribution in [0.25, 0.3) is 0 Å². The molecule has 140 valence electrons. The van der Waals surface area contributed by atoms with E-state index >= 15 is 0 Å². The van der Waals surface area contributed by atoms with Gasteiger partial charge in [0.15, 0.2) is 5.78 Å². The van der Waals surface area contributed by atoms with Gasteiger partial charge in [-0.15, -0.1) is 0 Å². The molecule has 1 aromatic rings. The van der Waals surface area contributed by atoms with Crippen LogP contribution in [0, 0.1) is 17.3 Å². The van der Waals surface area contributed by atoms with Crippen LogP contribution in [-0.2, 0) is 25.7 Å². The molecule has 0 amide bonds. The molecule has 0 N–H and O–H groups in total. The number of carbonyl (C=O) groups is 3. The minimum absolute atomic E-state index is 0.152. The number of ether oxygens (including phenoxy) is 1. The van der Waals surface area contributed by atoms with E-state index in [9.17, 15) is 14.4 Å². The number of carbonyl (C=O) groups excluding carboxylic acids is 3. The first-order chi connectivity index (χ1) is 12.3. The molecule has 2 rings (SSSR count). The molecular weight excluding hydrogens is 330 g/mol. The van der Waals surface area contributed by atoms with Crippen LogP contribution in [0.15, 0.2) is 35.3 Å². The van der Waals surface area contributed by atoms with Crippen LogP contribution in [0.4, 0.5) is 0 Å². The molecule has 1 saturated carbocycles. The van der Waals surface area contributed by atoms with Crippen molar-refractivity contribution >= 4 is 23.2 Å². The highest BCUT2D eigenvalue weighted by atomic mass is 16.5. The second-order valence-electron chi connectivity index (χ2n) is 7.47. The van der Waals surface area contributed by atoms with Gasteiger partial charge in [0.1, 0.15) is 17.6 Å². The average molecular weight is 357 g/mol. The molecule has 1 aliphatic carbocycles. The van der Waals surface area contributed by atoms with Crippen LogP contribution >= 0.6 is 0 Å². The lowest BCUT2D eigenvalue weighted by atomic mass is 9.63. The van der Waals surface area contributed by atoms with Crippen molar-refractivity contribution in [1.29, 1.82) is 0 Å². The van der Waals surface area contributed by atoms with Crippen molar-refractivity contribution in [1.82, 2.24) is 0 Å². The summed E-state index contributed by atoms with van der Waals surface area (Å²) in [5.74, 6) is -2.97. The Labute approximate surface area is 154 Å². The SMILES string of the molecule is CCCC(=NCc1ccccc1)C1C(=O)CC(C)(C)C(C(=O)OC)C1=O. The zero-order chi connectivity index (χ0) is 19.3. The number of nitrogens with zero attached hydrogens (tertiary/aromatic N) is 1. The zero-order valence-corrected chi connectivity index (χ0v) is 16.0. The van der Waals surface area contributed by atoms with Crippen LogP contribution in [-0.4, -0.2) is 30.4 Å². The molecule has 0 saturated heterocycles. The van der Waals surface area contributed by atoms with Gasteiger partial charge in [0.2, 0.25) is 0 Å². The molecule has 5 nitrogen and oxygen atoms in total. The predicted molar refractivity (Wildman–Crippen MR) is 99.9 cm³/mol. The lowest BCUT2D eigenvalue weighted by molar-refractivity contribution is -0.159. The molecule has 0 aliphatic heterocycles. The second-order valence-corrected chi connectivity index (χ2v) is 7.47. The van der Waals surface area contributed by atoms with Crippen molar-refractivity contribution in [2.45, 2.75) is 46.6 Å². The maximum Gasteiger partial charge on any atom is 0.316 e. The predicted octanol–water partition coefficient (Wildman–Crippen LogP) is 3.40. The third kappa shape index (κ3) is 4.26. The Bertz CT molecular complexity index is 706. The summed E-state index contributed by atoms with van der Waals surface area (Å²) in [6.07, 6.45) is 1.50. The van der Waals surface area contributed by atoms with Crippen molar-refractivity contribution in [2.24, 2.45) is 22.2 Å². The standard InChI is InChI=1S/C21H27NO4/c1-5-9-15(22-13-14-10-7-6-8-11-14)17-16(23)12-21(2,3)18(19(17)24)20(25)26-4/h6-8,10-11,17-18H,5,9,12-13H2,1-4H3. The first kappa shape index (κ1) is 20.0. The third-order valence-corrected chi connectivity index (χ3v) is 4.89. The van der Waals surface area contributed by atoms with Crippen LogP contribution in [0.2, 0.25) is 0 Å². The minimum atomic E-state index is -0.936. The van der Waals surface area contributed by atoms with Crippen LogP contribution in [0.5, 0.6) is 0 Å². The number of esters is 1. The van der Waals surface area contributed by atoms with E-state index in [-0.39, 0.29) is 18.0 Å². The molecule has 0 spiro atoms. The van der Waals surface area contributed by atoms with E-state index in [0.717, 1.165) is 12.0 Å². The number of ketones is 2. The normalized spacial score (nSPS) is 23.0. The number of hydrogen-bond donors (Lipinski definition) is 0. The fourth-order valence-electron chi connectivity index (χ4n) is 3.61. The van der Waals surface area contributed by atoms with E-state index in [0.29, 0.717) is 18.7 Å². The molecule has 2 unspecified atom stereocenters. The molecule has 5 heteroatoms. The highest BCUT2D eigenvalue weighted by Gasteiger charge is 2.52. The van der Waals surface area contributed by atoms with Gasteiger partial charge in [-0.2, -0.15) is 0 Å². The Morgan fingerprint density at radius 1 is 1.23 bits per heavy atom. The number of benzene rings is 1. The largest absolute Gasteiger partial charge is 0.468 e.